The van der Waals surface area contributed by atoms with Gasteiger partial charge in [0.05, 0.1) is 0 Å². The number of hydrogen-bond acceptors (Lipinski definition) is 2. The number of halogens is 1. The molecular weight excluding hydrogens is 162 g/mol. The minimum absolute atomic E-state index is 0.615. The van der Waals surface area contributed by atoms with Crippen LogP contribution < -0.4 is 5.32 Å². The Morgan fingerprint density at radius 2 is 2.45 bits per heavy atom. The van der Waals surface area contributed by atoms with Crippen LogP contribution in [-0.2, 0) is 13.0 Å². The molecular formula is C7H10ClN3. The number of rotatable bonds is 0. The van der Waals surface area contributed by atoms with Crippen molar-refractivity contribution in [2.24, 2.45) is 0 Å². The quantitative estimate of drug-likeness (QED) is 0.623. The Balaban J connectivity index is 2.35. The molecule has 1 aliphatic rings. The van der Waals surface area contributed by atoms with Crippen molar-refractivity contribution in [1.82, 2.24) is 14.9 Å². The highest BCUT2D eigenvalue weighted by Gasteiger charge is 2.09. The van der Waals surface area contributed by atoms with Crippen molar-refractivity contribution in [1.29, 1.82) is 0 Å². The smallest absolute Gasteiger partial charge is 0.202 e. The molecule has 0 fully saturated rings. The second-order valence-electron chi connectivity index (χ2n) is 2.67. The van der Waals surface area contributed by atoms with Crippen molar-refractivity contribution < 1.29 is 0 Å². The van der Waals surface area contributed by atoms with Gasteiger partial charge in [-0.1, -0.05) is 0 Å². The van der Waals surface area contributed by atoms with Crippen molar-refractivity contribution in [2.75, 3.05) is 13.1 Å². The summed E-state index contributed by atoms with van der Waals surface area (Å²) in [5.74, 6) is 0. The van der Waals surface area contributed by atoms with E-state index in [0.717, 1.165) is 26.1 Å². The molecule has 3 nitrogen and oxygen atoms in total. The zero-order chi connectivity index (χ0) is 7.68. The molecule has 0 saturated heterocycles. The molecule has 0 unspecified atom stereocenters. The summed E-state index contributed by atoms with van der Waals surface area (Å²) in [6.45, 7) is 2.96. The summed E-state index contributed by atoms with van der Waals surface area (Å²) in [4.78, 5) is 4.04. The van der Waals surface area contributed by atoms with Gasteiger partial charge in [0.2, 0.25) is 5.28 Å². The van der Waals surface area contributed by atoms with E-state index in [-0.39, 0.29) is 0 Å². The molecule has 0 atom stereocenters. The zero-order valence-electron chi connectivity index (χ0n) is 6.18. The van der Waals surface area contributed by atoms with Crippen LogP contribution in [0.1, 0.15) is 5.69 Å². The lowest BCUT2D eigenvalue weighted by atomic mass is 10.3. The third kappa shape index (κ3) is 1.26. The van der Waals surface area contributed by atoms with E-state index < -0.39 is 0 Å². The molecule has 0 amide bonds. The summed E-state index contributed by atoms with van der Waals surface area (Å²) in [6.07, 6.45) is 2.88. The molecule has 0 bridgehead atoms. The summed E-state index contributed by atoms with van der Waals surface area (Å²) in [6, 6.07) is 0. The molecule has 0 aromatic carbocycles. The van der Waals surface area contributed by atoms with Crippen LogP contribution in [-0.4, -0.2) is 22.6 Å². The minimum atomic E-state index is 0.615. The first kappa shape index (κ1) is 7.13. The largest absolute Gasteiger partial charge is 0.318 e. The molecule has 1 aromatic rings. The number of fused-ring (bicyclic) bond motifs is 1. The monoisotopic (exact) mass is 171 g/mol. The fourth-order valence-electron chi connectivity index (χ4n) is 1.35. The number of nitrogens with one attached hydrogen (secondary N) is 1. The first-order valence-electron chi connectivity index (χ1n) is 3.78. The minimum Gasteiger partial charge on any atom is -0.318 e. The van der Waals surface area contributed by atoms with Gasteiger partial charge in [-0.2, -0.15) is 0 Å². The standard InChI is InChI=1S/C7H10ClN3/c8-7-10-5-6-1-2-9-3-4-11(6)7/h5,9H,1-4H2. The highest BCUT2D eigenvalue weighted by molar-refractivity contribution is 6.28. The number of nitrogens with zero attached hydrogens (tertiary/aromatic N) is 2. The Bertz CT molecular complexity index is 256. The predicted octanol–water partition coefficient (Wildman–Crippen LogP) is 0.682. The second kappa shape index (κ2) is 2.83. The Kier molecular flexibility index (Phi) is 1.84. The SMILES string of the molecule is Clc1ncc2n1CCNCC2. The van der Waals surface area contributed by atoms with Crippen LogP contribution in [0, 0.1) is 0 Å². The lowest BCUT2D eigenvalue weighted by Gasteiger charge is -2.01. The molecule has 1 N–H and O–H groups in total. The Labute approximate surface area is 70.4 Å². The predicted molar refractivity (Wildman–Crippen MR) is 43.8 cm³/mol. The molecule has 4 heteroatoms. The maximum atomic E-state index is 5.85. The van der Waals surface area contributed by atoms with Crippen LogP contribution in [0.4, 0.5) is 0 Å². The number of hydrogen-bond donors (Lipinski definition) is 1. The van der Waals surface area contributed by atoms with E-state index in [1.165, 1.54) is 5.69 Å². The Morgan fingerprint density at radius 3 is 3.36 bits per heavy atom. The third-order valence-corrected chi connectivity index (χ3v) is 2.26. The molecule has 2 rings (SSSR count). The normalized spacial score (nSPS) is 17.5. The van der Waals surface area contributed by atoms with Gasteiger partial charge in [0.1, 0.15) is 0 Å². The number of aromatic nitrogens is 2. The first-order chi connectivity index (χ1) is 5.38. The summed E-state index contributed by atoms with van der Waals surface area (Å²) in [5, 5.41) is 3.91. The molecule has 0 aliphatic carbocycles. The van der Waals surface area contributed by atoms with Gasteiger partial charge in [0.15, 0.2) is 0 Å². The van der Waals surface area contributed by atoms with Crippen LogP contribution in [0.25, 0.3) is 0 Å². The van der Waals surface area contributed by atoms with Crippen LogP contribution >= 0.6 is 11.6 Å². The van der Waals surface area contributed by atoms with Crippen molar-refractivity contribution in [3.63, 3.8) is 0 Å². The van der Waals surface area contributed by atoms with E-state index in [2.05, 4.69) is 14.9 Å². The molecule has 60 valence electrons. The Hall–Kier alpha value is -0.540. The van der Waals surface area contributed by atoms with Crippen molar-refractivity contribution >= 4 is 11.6 Å². The molecule has 1 aliphatic heterocycles. The van der Waals surface area contributed by atoms with E-state index in [4.69, 9.17) is 11.6 Å². The van der Waals surface area contributed by atoms with Crippen LogP contribution in [0.5, 0.6) is 0 Å². The van der Waals surface area contributed by atoms with Gasteiger partial charge < -0.3 is 9.88 Å². The third-order valence-electron chi connectivity index (χ3n) is 1.96. The van der Waals surface area contributed by atoms with Crippen LogP contribution in [0.3, 0.4) is 0 Å². The van der Waals surface area contributed by atoms with Crippen molar-refractivity contribution in [3.8, 4) is 0 Å². The lowest BCUT2D eigenvalue weighted by Crippen LogP contribution is -2.17. The number of imidazole rings is 1. The van der Waals surface area contributed by atoms with Gasteiger partial charge >= 0.3 is 0 Å². The van der Waals surface area contributed by atoms with Gasteiger partial charge in [-0.15, -0.1) is 0 Å². The van der Waals surface area contributed by atoms with E-state index in [1.807, 2.05) is 6.20 Å². The summed E-state index contributed by atoms with van der Waals surface area (Å²) >= 11 is 5.85. The highest BCUT2D eigenvalue weighted by Crippen LogP contribution is 2.12. The maximum absolute atomic E-state index is 5.85. The fourth-order valence-corrected chi connectivity index (χ4v) is 1.60. The van der Waals surface area contributed by atoms with E-state index in [9.17, 15) is 0 Å². The maximum Gasteiger partial charge on any atom is 0.202 e. The van der Waals surface area contributed by atoms with Gasteiger partial charge in [-0.05, 0) is 11.6 Å². The highest BCUT2D eigenvalue weighted by atomic mass is 35.5. The molecule has 2 heterocycles. The fraction of sp³-hybridized carbons (Fsp3) is 0.571. The van der Waals surface area contributed by atoms with E-state index >= 15 is 0 Å². The van der Waals surface area contributed by atoms with Crippen LogP contribution in [0.15, 0.2) is 6.20 Å². The lowest BCUT2D eigenvalue weighted by molar-refractivity contribution is 0.643. The second-order valence-corrected chi connectivity index (χ2v) is 3.01. The van der Waals surface area contributed by atoms with Crippen LogP contribution in [0.2, 0.25) is 5.28 Å². The van der Waals surface area contributed by atoms with Crippen molar-refractivity contribution in [3.05, 3.63) is 17.2 Å². The zero-order valence-corrected chi connectivity index (χ0v) is 6.93. The molecule has 0 spiro atoms. The van der Waals surface area contributed by atoms with Gasteiger partial charge in [0, 0.05) is 37.9 Å². The summed E-state index contributed by atoms with van der Waals surface area (Å²) in [7, 11) is 0. The van der Waals surface area contributed by atoms with E-state index in [0.29, 0.717) is 5.28 Å². The summed E-state index contributed by atoms with van der Waals surface area (Å²) < 4.78 is 2.06. The van der Waals surface area contributed by atoms with Gasteiger partial charge in [0.25, 0.3) is 0 Å². The molecule has 11 heavy (non-hydrogen) atoms. The Morgan fingerprint density at radius 1 is 1.55 bits per heavy atom. The topological polar surface area (TPSA) is 29.9 Å². The molecule has 0 saturated carbocycles. The average molecular weight is 172 g/mol. The molecule has 1 aromatic heterocycles. The first-order valence-corrected chi connectivity index (χ1v) is 4.16. The van der Waals surface area contributed by atoms with E-state index in [1.54, 1.807) is 0 Å². The average Bonchev–Trinajstić information content (AvgIpc) is 2.25. The van der Waals surface area contributed by atoms with Gasteiger partial charge in [-0.25, -0.2) is 4.98 Å². The molecule has 0 radical (unpaired) electrons. The van der Waals surface area contributed by atoms with Crippen molar-refractivity contribution in [2.45, 2.75) is 13.0 Å². The summed E-state index contributed by atoms with van der Waals surface area (Å²) in [5.41, 5.74) is 1.24. The van der Waals surface area contributed by atoms with Gasteiger partial charge in [-0.3, -0.25) is 0 Å².